The van der Waals surface area contributed by atoms with Gasteiger partial charge in [-0.1, -0.05) is 19.3 Å². The van der Waals surface area contributed by atoms with Gasteiger partial charge in [-0.05, 0) is 52.9 Å². The highest BCUT2D eigenvalue weighted by Crippen LogP contribution is 2.36. The first-order chi connectivity index (χ1) is 8.41. The Morgan fingerprint density at radius 1 is 1.11 bits per heavy atom. The fourth-order valence-electron chi connectivity index (χ4n) is 2.95. The monoisotopic (exact) mass is 253 g/mol. The third kappa shape index (κ3) is 3.25. The number of esters is 1. The largest absolute Gasteiger partial charge is 0.459 e. The molecular weight excluding hydrogens is 226 g/mol. The molecule has 0 aromatic heterocycles. The maximum Gasteiger partial charge on any atom is 0.326 e. The Balaban J connectivity index is 1.94. The van der Waals surface area contributed by atoms with Crippen LogP contribution < -0.4 is 5.32 Å². The summed E-state index contributed by atoms with van der Waals surface area (Å²) in [5.74, 6) is -0.0353. The van der Waals surface area contributed by atoms with Gasteiger partial charge < -0.3 is 4.74 Å². The molecule has 3 heteroatoms. The molecule has 0 atom stereocenters. The second kappa shape index (κ2) is 5.20. The molecule has 3 nitrogen and oxygen atoms in total. The van der Waals surface area contributed by atoms with Crippen molar-refractivity contribution in [3.8, 4) is 0 Å². The summed E-state index contributed by atoms with van der Waals surface area (Å²) < 4.78 is 5.59. The van der Waals surface area contributed by atoms with E-state index >= 15 is 0 Å². The number of hydrogen-bond donors (Lipinski definition) is 1. The van der Waals surface area contributed by atoms with Crippen molar-refractivity contribution in [2.75, 3.05) is 0 Å². The van der Waals surface area contributed by atoms with Crippen molar-refractivity contribution >= 4 is 5.97 Å². The Bertz CT molecular complexity index is 296. The molecule has 2 rings (SSSR count). The van der Waals surface area contributed by atoms with Crippen LogP contribution in [0.2, 0.25) is 0 Å². The lowest BCUT2D eigenvalue weighted by atomic mass is 9.75. The number of rotatable bonds is 3. The molecule has 2 fully saturated rings. The molecule has 0 aromatic carbocycles. The van der Waals surface area contributed by atoms with Crippen molar-refractivity contribution in [2.24, 2.45) is 0 Å². The molecule has 2 aliphatic carbocycles. The van der Waals surface area contributed by atoms with Gasteiger partial charge in [0.05, 0.1) is 0 Å². The van der Waals surface area contributed by atoms with E-state index in [9.17, 15) is 4.79 Å². The number of nitrogens with one attached hydrogen (secondary N) is 1. The van der Waals surface area contributed by atoms with Crippen molar-refractivity contribution in [3.05, 3.63) is 0 Å². The topological polar surface area (TPSA) is 38.3 Å². The molecule has 0 saturated heterocycles. The van der Waals surface area contributed by atoms with E-state index < -0.39 is 0 Å². The normalized spacial score (nSPS) is 24.4. The van der Waals surface area contributed by atoms with Gasteiger partial charge in [-0.2, -0.15) is 0 Å². The van der Waals surface area contributed by atoms with E-state index in [0.29, 0.717) is 6.04 Å². The fraction of sp³-hybridized carbons (Fsp3) is 0.933. The summed E-state index contributed by atoms with van der Waals surface area (Å²) in [5, 5.41) is 3.62. The van der Waals surface area contributed by atoms with Crippen LogP contribution in [0.1, 0.15) is 72.1 Å². The van der Waals surface area contributed by atoms with Gasteiger partial charge in [-0.25, -0.2) is 0 Å². The zero-order chi connectivity index (χ0) is 13.2. The van der Waals surface area contributed by atoms with Gasteiger partial charge in [-0.3, -0.25) is 10.1 Å². The summed E-state index contributed by atoms with van der Waals surface area (Å²) in [6.45, 7) is 5.83. The summed E-state index contributed by atoms with van der Waals surface area (Å²) in [5.41, 5.74) is -0.747. The van der Waals surface area contributed by atoms with Crippen LogP contribution in [0.4, 0.5) is 0 Å². The number of hydrogen-bond acceptors (Lipinski definition) is 3. The van der Waals surface area contributed by atoms with Crippen LogP contribution in [0, 0.1) is 0 Å². The Labute approximate surface area is 111 Å². The summed E-state index contributed by atoms with van der Waals surface area (Å²) in [4.78, 5) is 12.4. The van der Waals surface area contributed by atoms with Gasteiger partial charge in [0.1, 0.15) is 11.1 Å². The van der Waals surface area contributed by atoms with E-state index in [1.54, 1.807) is 0 Å². The van der Waals surface area contributed by atoms with Crippen molar-refractivity contribution in [3.63, 3.8) is 0 Å². The zero-order valence-corrected chi connectivity index (χ0v) is 12.1. The summed E-state index contributed by atoms with van der Waals surface area (Å²) in [6, 6.07) is 0.520. The third-order valence-corrected chi connectivity index (χ3v) is 4.08. The Morgan fingerprint density at radius 3 is 2.17 bits per heavy atom. The molecular formula is C15H27NO2. The Kier molecular flexibility index (Phi) is 4.00. The van der Waals surface area contributed by atoms with Crippen LogP contribution in [0.25, 0.3) is 0 Å². The highest BCUT2D eigenvalue weighted by atomic mass is 16.6. The van der Waals surface area contributed by atoms with Crippen LogP contribution in [-0.2, 0) is 9.53 Å². The van der Waals surface area contributed by atoms with Crippen LogP contribution in [0.15, 0.2) is 0 Å². The fourth-order valence-corrected chi connectivity index (χ4v) is 2.95. The van der Waals surface area contributed by atoms with Gasteiger partial charge in [0.15, 0.2) is 0 Å². The number of carbonyl (C=O) groups is 1. The SMILES string of the molecule is CC(C)(C)OC(=O)C1(NC2CCCCC2)CCC1. The summed E-state index contributed by atoms with van der Waals surface area (Å²) >= 11 is 0. The van der Waals surface area contributed by atoms with Crippen molar-refractivity contribution < 1.29 is 9.53 Å². The molecule has 18 heavy (non-hydrogen) atoms. The van der Waals surface area contributed by atoms with Crippen LogP contribution in [-0.4, -0.2) is 23.2 Å². The molecule has 0 spiro atoms. The molecule has 2 aliphatic rings. The standard InChI is InChI=1S/C15H27NO2/c1-14(2,3)18-13(17)15(10-7-11-15)16-12-8-5-4-6-9-12/h12,16H,4-11H2,1-3H3. The molecule has 0 aromatic rings. The summed E-state index contributed by atoms with van der Waals surface area (Å²) in [6.07, 6.45) is 9.38. The molecule has 0 heterocycles. The first kappa shape index (κ1) is 13.9. The average Bonchev–Trinajstić information content (AvgIpc) is 2.22. The quantitative estimate of drug-likeness (QED) is 0.785. The molecule has 104 valence electrons. The van der Waals surface area contributed by atoms with E-state index in [4.69, 9.17) is 4.74 Å². The highest BCUT2D eigenvalue weighted by molar-refractivity contribution is 5.82. The van der Waals surface area contributed by atoms with Crippen molar-refractivity contribution in [1.82, 2.24) is 5.32 Å². The molecule has 0 unspecified atom stereocenters. The van der Waals surface area contributed by atoms with Crippen LogP contribution in [0.3, 0.4) is 0 Å². The third-order valence-electron chi connectivity index (χ3n) is 4.08. The van der Waals surface area contributed by atoms with Crippen molar-refractivity contribution in [1.29, 1.82) is 0 Å². The van der Waals surface area contributed by atoms with Crippen molar-refractivity contribution in [2.45, 2.75) is 89.3 Å². The predicted octanol–water partition coefficient (Wildman–Crippen LogP) is 3.17. The molecule has 0 bridgehead atoms. The van der Waals surface area contributed by atoms with E-state index in [0.717, 1.165) is 19.3 Å². The van der Waals surface area contributed by atoms with Gasteiger partial charge >= 0.3 is 5.97 Å². The Hall–Kier alpha value is -0.570. The molecule has 0 amide bonds. The maximum atomic E-state index is 12.4. The Morgan fingerprint density at radius 2 is 1.72 bits per heavy atom. The average molecular weight is 253 g/mol. The second-order valence-electron chi connectivity index (χ2n) is 6.92. The van der Waals surface area contributed by atoms with Gasteiger partial charge in [0.2, 0.25) is 0 Å². The van der Waals surface area contributed by atoms with Gasteiger partial charge in [0.25, 0.3) is 0 Å². The molecule has 0 radical (unpaired) electrons. The van der Waals surface area contributed by atoms with E-state index in [-0.39, 0.29) is 17.1 Å². The highest BCUT2D eigenvalue weighted by Gasteiger charge is 2.47. The first-order valence-electron chi connectivity index (χ1n) is 7.42. The number of carbonyl (C=O) groups excluding carboxylic acids is 1. The lowest BCUT2D eigenvalue weighted by Crippen LogP contribution is -2.62. The second-order valence-corrected chi connectivity index (χ2v) is 6.92. The maximum absolute atomic E-state index is 12.4. The minimum atomic E-state index is -0.381. The lowest BCUT2D eigenvalue weighted by molar-refractivity contribution is -0.168. The van der Waals surface area contributed by atoms with Gasteiger partial charge in [0, 0.05) is 6.04 Å². The van der Waals surface area contributed by atoms with Crippen LogP contribution >= 0.6 is 0 Å². The first-order valence-corrected chi connectivity index (χ1v) is 7.42. The van der Waals surface area contributed by atoms with E-state index in [2.05, 4.69) is 5.32 Å². The molecule has 0 aliphatic heterocycles. The summed E-state index contributed by atoms with van der Waals surface area (Å²) in [7, 11) is 0. The predicted molar refractivity (Wildman–Crippen MR) is 72.4 cm³/mol. The zero-order valence-electron chi connectivity index (χ0n) is 12.1. The van der Waals surface area contributed by atoms with Gasteiger partial charge in [-0.15, -0.1) is 0 Å². The minimum Gasteiger partial charge on any atom is -0.459 e. The molecule has 2 saturated carbocycles. The molecule has 1 N–H and O–H groups in total. The van der Waals surface area contributed by atoms with E-state index in [1.165, 1.54) is 32.1 Å². The smallest absolute Gasteiger partial charge is 0.326 e. The van der Waals surface area contributed by atoms with Crippen LogP contribution in [0.5, 0.6) is 0 Å². The number of ether oxygens (including phenoxy) is 1. The van der Waals surface area contributed by atoms with E-state index in [1.807, 2.05) is 20.8 Å². The lowest BCUT2D eigenvalue weighted by Gasteiger charge is -2.44. The minimum absolute atomic E-state index is 0.0353.